The second-order valence-corrected chi connectivity index (χ2v) is 3.75. The first-order valence-corrected chi connectivity index (χ1v) is 5.06. The van der Waals surface area contributed by atoms with Crippen LogP contribution in [0.1, 0.15) is 5.56 Å². The largest absolute Gasteiger partial charge is 0.419 e. The van der Waals surface area contributed by atoms with Crippen molar-refractivity contribution in [3.8, 4) is 0 Å². The molecule has 1 aromatic carbocycles. The summed E-state index contributed by atoms with van der Waals surface area (Å²) < 4.78 is 49.9. The molecule has 0 nitrogen and oxygen atoms in total. The van der Waals surface area contributed by atoms with Crippen molar-refractivity contribution in [1.29, 1.82) is 0 Å². The van der Waals surface area contributed by atoms with Crippen LogP contribution in [0.25, 0.3) is 0 Å². The Morgan fingerprint density at radius 3 is 2.29 bits per heavy atom. The fourth-order valence-electron chi connectivity index (χ4n) is 0.919. The Bertz CT molecular complexity index is 348. The van der Waals surface area contributed by atoms with Crippen LogP contribution in [0.5, 0.6) is 0 Å². The lowest BCUT2D eigenvalue weighted by atomic mass is 10.2. The molecule has 0 saturated heterocycles. The summed E-state index contributed by atoms with van der Waals surface area (Å²) in [6, 6.07) is 1.74. The maximum atomic E-state index is 13.1. The van der Waals surface area contributed by atoms with Crippen molar-refractivity contribution in [3.05, 3.63) is 28.5 Å². The van der Waals surface area contributed by atoms with Gasteiger partial charge in [0.1, 0.15) is 5.82 Å². The molecule has 14 heavy (non-hydrogen) atoms. The molecule has 0 aliphatic rings. The molecule has 1 rings (SSSR count). The Labute approximate surface area is 87.2 Å². The van der Waals surface area contributed by atoms with Gasteiger partial charge in [0.15, 0.2) is 0 Å². The first kappa shape index (κ1) is 11.7. The van der Waals surface area contributed by atoms with Crippen molar-refractivity contribution in [3.63, 3.8) is 0 Å². The number of thioether (sulfide) groups is 1. The van der Waals surface area contributed by atoms with Crippen molar-refractivity contribution >= 4 is 23.4 Å². The van der Waals surface area contributed by atoms with Gasteiger partial charge in [-0.3, -0.25) is 0 Å². The predicted molar refractivity (Wildman–Crippen MR) is 48.2 cm³/mol. The normalized spacial score (nSPS) is 11.9. The van der Waals surface area contributed by atoms with Gasteiger partial charge in [-0.2, -0.15) is 13.2 Å². The van der Waals surface area contributed by atoms with E-state index in [4.69, 9.17) is 11.6 Å². The summed E-state index contributed by atoms with van der Waals surface area (Å²) in [6.45, 7) is 0. The van der Waals surface area contributed by atoms with Gasteiger partial charge in [0, 0.05) is 9.92 Å². The summed E-state index contributed by atoms with van der Waals surface area (Å²) in [4.78, 5) is -0.107. The van der Waals surface area contributed by atoms with Crippen molar-refractivity contribution in [2.24, 2.45) is 0 Å². The highest BCUT2D eigenvalue weighted by Crippen LogP contribution is 2.36. The van der Waals surface area contributed by atoms with Gasteiger partial charge in [-0.25, -0.2) is 4.39 Å². The van der Waals surface area contributed by atoms with E-state index in [-0.39, 0.29) is 9.92 Å². The lowest BCUT2D eigenvalue weighted by Gasteiger charge is -2.10. The highest BCUT2D eigenvalue weighted by atomic mass is 35.5. The van der Waals surface area contributed by atoms with Crippen LogP contribution in [-0.2, 0) is 6.18 Å². The van der Waals surface area contributed by atoms with Crippen LogP contribution in [0.4, 0.5) is 17.6 Å². The topological polar surface area (TPSA) is 0 Å². The van der Waals surface area contributed by atoms with E-state index in [1.165, 1.54) is 6.26 Å². The second-order valence-electron chi connectivity index (χ2n) is 2.47. The van der Waals surface area contributed by atoms with E-state index < -0.39 is 17.6 Å². The Hall–Kier alpha value is -0.420. The molecule has 0 saturated carbocycles. The quantitative estimate of drug-likeness (QED) is 0.527. The lowest BCUT2D eigenvalue weighted by molar-refractivity contribution is -0.140. The van der Waals surface area contributed by atoms with E-state index in [1.54, 1.807) is 0 Å². The molecule has 0 unspecified atom stereocenters. The van der Waals surface area contributed by atoms with Crippen molar-refractivity contribution < 1.29 is 17.6 Å². The SMILES string of the molecule is CSc1cc(Cl)cc(C(F)(F)F)c1F. The molecule has 0 N–H and O–H groups in total. The second kappa shape index (κ2) is 3.98. The highest BCUT2D eigenvalue weighted by Gasteiger charge is 2.35. The fourth-order valence-corrected chi connectivity index (χ4v) is 1.74. The molecule has 0 radical (unpaired) electrons. The third kappa shape index (κ3) is 2.33. The average Bonchev–Trinajstić information content (AvgIpc) is 2.06. The summed E-state index contributed by atoms with van der Waals surface area (Å²) in [7, 11) is 0. The summed E-state index contributed by atoms with van der Waals surface area (Å²) in [6.07, 6.45) is -3.23. The monoisotopic (exact) mass is 244 g/mol. The van der Waals surface area contributed by atoms with Gasteiger partial charge in [0.25, 0.3) is 0 Å². The standard InChI is InChI=1S/C8H5ClF4S/c1-14-6-3-4(9)2-5(7(6)10)8(11,12)13/h2-3H,1H3. The first-order valence-electron chi connectivity index (χ1n) is 3.46. The minimum absolute atomic E-state index is 0.107. The Kier molecular flexibility index (Phi) is 3.32. The average molecular weight is 245 g/mol. The number of hydrogen-bond acceptors (Lipinski definition) is 1. The zero-order valence-corrected chi connectivity index (χ0v) is 8.53. The molecular weight excluding hydrogens is 240 g/mol. The molecule has 0 aliphatic heterocycles. The number of hydrogen-bond donors (Lipinski definition) is 0. The van der Waals surface area contributed by atoms with Crippen LogP contribution in [0, 0.1) is 5.82 Å². The number of rotatable bonds is 1. The van der Waals surface area contributed by atoms with Crippen molar-refractivity contribution in [2.45, 2.75) is 11.1 Å². The molecule has 0 atom stereocenters. The number of benzene rings is 1. The maximum absolute atomic E-state index is 13.1. The Morgan fingerprint density at radius 1 is 1.29 bits per heavy atom. The summed E-state index contributed by atoms with van der Waals surface area (Å²) >= 11 is 6.31. The minimum atomic E-state index is -4.71. The summed E-state index contributed by atoms with van der Waals surface area (Å²) in [5, 5.41) is -0.122. The predicted octanol–water partition coefficient (Wildman–Crippen LogP) is 4.22. The zero-order valence-electron chi connectivity index (χ0n) is 6.95. The molecule has 6 heteroatoms. The van der Waals surface area contributed by atoms with Crippen molar-refractivity contribution in [1.82, 2.24) is 0 Å². The zero-order chi connectivity index (χ0) is 10.9. The molecule has 1 aromatic rings. The summed E-state index contributed by atoms with van der Waals surface area (Å²) in [5.41, 5.74) is -1.32. The number of alkyl halides is 3. The van der Waals surface area contributed by atoms with Crippen LogP contribution in [0.15, 0.2) is 17.0 Å². The smallest absolute Gasteiger partial charge is 0.205 e. The van der Waals surface area contributed by atoms with Crippen LogP contribution in [0.2, 0.25) is 5.02 Å². The minimum Gasteiger partial charge on any atom is -0.205 e. The van der Waals surface area contributed by atoms with E-state index in [2.05, 4.69) is 0 Å². The van der Waals surface area contributed by atoms with Crippen LogP contribution < -0.4 is 0 Å². The van der Waals surface area contributed by atoms with E-state index in [1.807, 2.05) is 0 Å². The van der Waals surface area contributed by atoms with E-state index in [0.29, 0.717) is 6.07 Å². The molecule has 0 aromatic heterocycles. The van der Waals surface area contributed by atoms with Crippen molar-refractivity contribution in [2.75, 3.05) is 6.26 Å². The van der Waals surface area contributed by atoms with Gasteiger partial charge < -0.3 is 0 Å². The first-order chi connectivity index (χ1) is 6.36. The fraction of sp³-hybridized carbons (Fsp3) is 0.250. The van der Waals surface area contributed by atoms with Crippen LogP contribution in [0.3, 0.4) is 0 Å². The molecule has 0 aliphatic carbocycles. The Balaban J connectivity index is 3.37. The van der Waals surface area contributed by atoms with E-state index in [9.17, 15) is 17.6 Å². The maximum Gasteiger partial charge on any atom is 0.419 e. The molecule has 0 bridgehead atoms. The van der Waals surface area contributed by atoms with Crippen LogP contribution in [-0.4, -0.2) is 6.26 Å². The molecule has 0 fully saturated rings. The summed E-state index contributed by atoms with van der Waals surface area (Å²) in [5.74, 6) is -1.27. The lowest BCUT2D eigenvalue weighted by Crippen LogP contribution is -2.08. The molecule has 0 heterocycles. The molecule has 0 amide bonds. The molecular formula is C8H5ClF4S. The van der Waals surface area contributed by atoms with Gasteiger partial charge in [0.2, 0.25) is 0 Å². The third-order valence-electron chi connectivity index (χ3n) is 1.53. The molecule has 78 valence electrons. The molecule has 0 spiro atoms. The van der Waals surface area contributed by atoms with Gasteiger partial charge >= 0.3 is 6.18 Å². The van der Waals surface area contributed by atoms with Crippen LogP contribution >= 0.6 is 23.4 Å². The Morgan fingerprint density at radius 2 is 1.86 bits per heavy atom. The third-order valence-corrected chi connectivity index (χ3v) is 2.48. The number of halogens is 5. The van der Waals surface area contributed by atoms with Gasteiger partial charge in [-0.1, -0.05) is 11.6 Å². The van der Waals surface area contributed by atoms with Gasteiger partial charge in [-0.15, -0.1) is 11.8 Å². The van der Waals surface area contributed by atoms with E-state index >= 15 is 0 Å². The van der Waals surface area contributed by atoms with Gasteiger partial charge in [-0.05, 0) is 18.4 Å². The van der Waals surface area contributed by atoms with E-state index in [0.717, 1.165) is 17.8 Å². The highest BCUT2D eigenvalue weighted by molar-refractivity contribution is 7.98. The van der Waals surface area contributed by atoms with Gasteiger partial charge in [0.05, 0.1) is 5.56 Å².